The lowest BCUT2D eigenvalue weighted by Crippen LogP contribution is -2.79. The van der Waals surface area contributed by atoms with Crippen LogP contribution in [0.5, 0.6) is 0 Å². The van der Waals surface area contributed by atoms with Gasteiger partial charge in [-0.1, -0.05) is 34.6 Å². The van der Waals surface area contributed by atoms with Gasteiger partial charge in [-0.2, -0.15) is 0 Å². The molecule has 3 saturated carbocycles. The first-order valence-corrected chi connectivity index (χ1v) is 16.0. The molecular formula is C33H46O13. The van der Waals surface area contributed by atoms with Crippen LogP contribution in [0.3, 0.4) is 0 Å². The van der Waals surface area contributed by atoms with Gasteiger partial charge in [0.05, 0.1) is 11.3 Å². The maximum atomic E-state index is 15.0. The number of ether oxygens (including phenoxy) is 6. The number of fused-ring (bicyclic) bond motifs is 2. The summed E-state index contributed by atoms with van der Waals surface area (Å²) in [5, 5.41) is 0. The molecule has 0 aromatic carbocycles. The Bertz CT molecular complexity index is 1290. The first kappa shape index (κ1) is 35.3. The quantitative estimate of drug-likeness (QED) is 0.277. The Morgan fingerprint density at radius 1 is 0.870 bits per heavy atom. The third-order valence-corrected chi connectivity index (χ3v) is 11.0. The van der Waals surface area contributed by atoms with Crippen LogP contribution in [-0.4, -0.2) is 78.7 Å². The summed E-state index contributed by atoms with van der Waals surface area (Å²) in [6, 6.07) is 0. The van der Waals surface area contributed by atoms with Crippen LogP contribution < -0.4 is 0 Å². The van der Waals surface area contributed by atoms with Crippen molar-refractivity contribution in [3.05, 3.63) is 0 Å². The van der Waals surface area contributed by atoms with Gasteiger partial charge >= 0.3 is 35.8 Å². The van der Waals surface area contributed by atoms with Crippen LogP contribution in [0, 0.1) is 46.3 Å². The SMILES string of the molecule is CC[C@H](C)C(=O)O[C@H]1C(=O)O[C@@H]2C[C@H]3[C@H](C)C[C@H](OC(C)=O)[C@@H](OC(C)=O)[C@]3(C)[C@H]3C(=O)[C@H](OC(C)=O)[C@H](C)[C@H]1[C@@]32COC(C)=O. The van der Waals surface area contributed by atoms with Gasteiger partial charge in [0.25, 0.3) is 0 Å². The molecular weight excluding hydrogens is 604 g/mol. The number of esters is 6. The summed E-state index contributed by atoms with van der Waals surface area (Å²) in [5.74, 6) is -9.10. The van der Waals surface area contributed by atoms with Crippen molar-refractivity contribution >= 4 is 41.6 Å². The fourth-order valence-corrected chi connectivity index (χ4v) is 9.18. The lowest BCUT2D eigenvalue weighted by atomic mass is 9.37. The zero-order valence-corrected chi connectivity index (χ0v) is 28.0. The minimum Gasteiger partial charge on any atom is -0.465 e. The fraction of sp³-hybridized carbons (Fsp3) is 0.788. The molecule has 13 nitrogen and oxygen atoms in total. The molecule has 4 rings (SSSR count). The number of carbonyl (C=O) groups is 7. The third-order valence-electron chi connectivity index (χ3n) is 11.0. The zero-order valence-electron chi connectivity index (χ0n) is 28.0. The second-order valence-electron chi connectivity index (χ2n) is 13.8. The first-order valence-electron chi connectivity index (χ1n) is 16.0. The maximum Gasteiger partial charge on any atom is 0.348 e. The van der Waals surface area contributed by atoms with Crippen molar-refractivity contribution in [3.8, 4) is 0 Å². The van der Waals surface area contributed by atoms with E-state index < -0.39 is 119 Å². The van der Waals surface area contributed by atoms with Crippen LogP contribution in [0.1, 0.15) is 81.6 Å². The molecule has 1 saturated heterocycles. The van der Waals surface area contributed by atoms with Gasteiger partial charge in [0, 0.05) is 50.9 Å². The van der Waals surface area contributed by atoms with E-state index in [0.29, 0.717) is 12.8 Å². The average Bonchev–Trinajstić information content (AvgIpc) is 2.95. The van der Waals surface area contributed by atoms with Gasteiger partial charge < -0.3 is 28.4 Å². The number of ketones is 1. The molecule has 0 unspecified atom stereocenters. The first-order chi connectivity index (χ1) is 21.4. The highest BCUT2D eigenvalue weighted by Crippen LogP contribution is 2.69. The van der Waals surface area contributed by atoms with Gasteiger partial charge in [-0.25, -0.2) is 4.79 Å². The van der Waals surface area contributed by atoms with Crippen LogP contribution in [0.15, 0.2) is 0 Å². The van der Waals surface area contributed by atoms with E-state index in [1.165, 1.54) is 20.8 Å². The van der Waals surface area contributed by atoms with Crippen LogP contribution in [0.4, 0.5) is 0 Å². The van der Waals surface area contributed by atoms with E-state index >= 15 is 0 Å². The molecule has 1 aliphatic heterocycles. The van der Waals surface area contributed by atoms with Gasteiger partial charge in [0.1, 0.15) is 24.9 Å². The summed E-state index contributed by atoms with van der Waals surface area (Å²) in [7, 11) is 0. The lowest BCUT2D eigenvalue weighted by molar-refractivity contribution is -0.303. The second kappa shape index (κ2) is 12.9. The van der Waals surface area contributed by atoms with Crippen molar-refractivity contribution in [3.63, 3.8) is 0 Å². The van der Waals surface area contributed by atoms with Gasteiger partial charge in [0.15, 0.2) is 11.9 Å². The normalized spacial score (nSPS) is 40.2. The Balaban J connectivity index is 2.04. The van der Waals surface area contributed by atoms with E-state index in [1.807, 2.05) is 6.92 Å². The summed E-state index contributed by atoms with van der Waals surface area (Å²) in [6.07, 6.45) is -5.10. The molecule has 4 aliphatic rings. The molecule has 0 amide bonds. The molecule has 1 heterocycles. The minimum atomic E-state index is -1.53. The summed E-state index contributed by atoms with van der Waals surface area (Å²) < 4.78 is 35.0. The molecule has 3 aliphatic carbocycles. The molecule has 4 fully saturated rings. The molecule has 0 aromatic rings. The minimum absolute atomic E-state index is 0.187. The molecule has 13 heteroatoms. The van der Waals surface area contributed by atoms with Crippen molar-refractivity contribution in [2.24, 2.45) is 46.3 Å². The predicted molar refractivity (Wildman–Crippen MR) is 156 cm³/mol. The highest BCUT2D eigenvalue weighted by atomic mass is 16.6. The zero-order chi connectivity index (χ0) is 34.5. The van der Waals surface area contributed by atoms with Crippen molar-refractivity contribution in [2.75, 3.05) is 6.61 Å². The van der Waals surface area contributed by atoms with E-state index in [-0.39, 0.29) is 12.3 Å². The third kappa shape index (κ3) is 5.78. The Labute approximate surface area is 268 Å². The molecule has 0 spiro atoms. The van der Waals surface area contributed by atoms with Crippen LogP contribution >= 0.6 is 0 Å². The van der Waals surface area contributed by atoms with Crippen molar-refractivity contribution in [2.45, 2.75) is 112 Å². The van der Waals surface area contributed by atoms with Crippen molar-refractivity contribution < 1.29 is 62.0 Å². The molecule has 0 aromatic heterocycles. The average molecular weight is 651 g/mol. The van der Waals surface area contributed by atoms with E-state index in [4.69, 9.17) is 28.4 Å². The van der Waals surface area contributed by atoms with Crippen molar-refractivity contribution in [1.29, 1.82) is 0 Å². The van der Waals surface area contributed by atoms with E-state index in [1.54, 1.807) is 27.7 Å². The maximum absolute atomic E-state index is 15.0. The van der Waals surface area contributed by atoms with Gasteiger partial charge in [-0.05, 0) is 31.1 Å². The van der Waals surface area contributed by atoms with E-state index in [0.717, 1.165) is 6.92 Å². The molecule has 46 heavy (non-hydrogen) atoms. The second-order valence-corrected chi connectivity index (χ2v) is 13.8. The molecule has 256 valence electrons. The predicted octanol–water partition coefficient (Wildman–Crippen LogP) is 2.73. The molecule has 0 N–H and O–H groups in total. The van der Waals surface area contributed by atoms with E-state index in [9.17, 15) is 33.6 Å². The highest BCUT2D eigenvalue weighted by molar-refractivity contribution is 5.92. The van der Waals surface area contributed by atoms with Gasteiger partial charge in [0.2, 0.25) is 6.10 Å². The highest BCUT2D eigenvalue weighted by Gasteiger charge is 2.79. The molecule has 0 radical (unpaired) electrons. The summed E-state index contributed by atoms with van der Waals surface area (Å²) >= 11 is 0. The smallest absolute Gasteiger partial charge is 0.348 e. The largest absolute Gasteiger partial charge is 0.465 e. The summed E-state index contributed by atoms with van der Waals surface area (Å²) in [4.78, 5) is 91.7. The van der Waals surface area contributed by atoms with Crippen LogP contribution in [-0.2, 0) is 62.0 Å². The summed E-state index contributed by atoms with van der Waals surface area (Å²) in [6.45, 7) is 13.2. The Morgan fingerprint density at radius 2 is 1.48 bits per heavy atom. The molecule has 0 bridgehead atoms. The molecule has 13 atom stereocenters. The topological polar surface area (TPSA) is 175 Å². The van der Waals surface area contributed by atoms with Gasteiger partial charge in [-0.15, -0.1) is 0 Å². The van der Waals surface area contributed by atoms with Crippen LogP contribution in [0.25, 0.3) is 0 Å². The number of rotatable bonds is 8. The van der Waals surface area contributed by atoms with Crippen molar-refractivity contribution in [1.82, 2.24) is 0 Å². The standard InChI is InChI=1S/C33H46O13/c1-10-14(2)30(39)46-27-24-16(4)26(43-19(7)36)25(38)28-32(9)21(12-23(45-31(27)40)33(24,28)13-41-17(5)34)15(3)11-22(42-18(6)35)29(32)44-20(8)37/h14-16,21-24,26-29H,10-13H2,1-9H3/t14-,15+,16+,21-,22-,23+,24+,26+,27+,28+,29+,32-,33-/m0/s1. The van der Waals surface area contributed by atoms with E-state index in [2.05, 4.69) is 0 Å². The monoisotopic (exact) mass is 650 g/mol. The Morgan fingerprint density at radius 3 is 2.02 bits per heavy atom. The number of Topliss-reactive ketones (excluding diaryl/α,β-unsaturated/α-hetero) is 1. The van der Waals surface area contributed by atoms with Crippen LogP contribution in [0.2, 0.25) is 0 Å². The number of hydrogen-bond acceptors (Lipinski definition) is 13. The Hall–Kier alpha value is -3.51. The van der Waals surface area contributed by atoms with Gasteiger partial charge in [-0.3, -0.25) is 28.8 Å². The Kier molecular flexibility index (Phi) is 9.95. The number of carbonyl (C=O) groups excluding carboxylic acids is 7. The fourth-order valence-electron chi connectivity index (χ4n) is 9.18. The number of hydrogen-bond donors (Lipinski definition) is 0. The lowest BCUT2D eigenvalue weighted by Gasteiger charge is -2.69. The summed E-state index contributed by atoms with van der Waals surface area (Å²) in [5.41, 5.74) is -2.82.